The molecule has 0 atom stereocenters. The second-order valence-electron chi connectivity index (χ2n) is 7.64. The lowest BCUT2D eigenvalue weighted by Crippen LogP contribution is -2.56. The summed E-state index contributed by atoms with van der Waals surface area (Å²) >= 11 is 0. The number of nitrogens with one attached hydrogen (secondary N) is 1. The van der Waals surface area contributed by atoms with Gasteiger partial charge < -0.3 is 20.3 Å². The van der Waals surface area contributed by atoms with Crippen LogP contribution in [0.25, 0.3) is 10.9 Å². The minimum atomic E-state index is 0.504. The van der Waals surface area contributed by atoms with E-state index in [0.29, 0.717) is 5.82 Å². The van der Waals surface area contributed by atoms with Gasteiger partial charge in [-0.25, -0.2) is 9.97 Å². The van der Waals surface area contributed by atoms with Gasteiger partial charge in [-0.15, -0.1) is 0 Å². The summed E-state index contributed by atoms with van der Waals surface area (Å²) in [5.41, 5.74) is 8.05. The van der Waals surface area contributed by atoms with Crippen molar-refractivity contribution in [2.45, 2.75) is 32.1 Å². The average molecular weight is 359 g/mol. The molecule has 26 heavy (non-hydrogen) atoms. The fourth-order valence-corrected chi connectivity index (χ4v) is 3.85. The van der Waals surface area contributed by atoms with Crippen molar-refractivity contribution in [3.05, 3.63) is 24.0 Å². The van der Waals surface area contributed by atoms with Crippen LogP contribution in [0.3, 0.4) is 0 Å². The SMILES string of the molecule is COc1cc2c(N)ncnc2cc1CCCCCC[N+]1(C)CCNCC1. The number of rotatable bonds is 8. The van der Waals surface area contributed by atoms with Crippen LogP contribution >= 0.6 is 0 Å². The number of piperazine rings is 1. The van der Waals surface area contributed by atoms with Gasteiger partial charge in [-0.1, -0.05) is 6.42 Å². The van der Waals surface area contributed by atoms with Crippen molar-refractivity contribution < 1.29 is 9.22 Å². The van der Waals surface area contributed by atoms with Crippen LogP contribution in [0.15, 0.2) is 18.5 Å². The quantitative estimate of drug-likeness (QED) is 0.560. The number of likely N-dealkylation sites (N-methyl/N-ethyl adjacent to an activating group) is 1. The lowest BCUT2D eigenvalue weighted by Gasteiger charge is -2.38. The molecule has 3 rings (SSSR count). The van der Waals surface area contributed by atoms with E-state index in [1.54, 1.807) is 7.11 Å². The number of aryl methyl sites for hydroxylation is 1. The molecule has 0 unspecified atom stereocenters. The average Bonchev–Trinajstić information content (AvgIpc) is 2.65. The highest BCUT2D eigenvalue weighted by Crippen LogP contribution is 2.28. The predicted molar refractivity (Wildman–Crippen MR) is 106 cm³/mol. The van der Waals surface area contributed by atoms with Crippen LogP contribution in [0.4, 0.5) is 5.82 Å². The first kappa shape index (κ1) is 18.9. The number of ether oxygens (including phenoxy) is 1. The van der Waals surface area contributed by atoms with E-state index in [1.165, 1.54) is 61.7 Å². The van der Waals surface area contributed by atoms with Crippen molar-refractivity contribution in [1.82, 2.24) is 15.3 Å². The van der Waals surface area contributed by atoms with Gasteiger partial charge in [0, 0.05) is 18.5 Å². The molecule has 0 aliphatic carbocycles. The maximum atomic E-state index is 5.94. The molecule has 1 aromatic heterocycles. The molecule has 1 aliphatic rings. The number of nitrogens with zero attached hydrogens (tertiary/aromatic N) is 3. The maximum Gasteiger partial charge on any atom is 0.134 e. The smallest absolute Gasteiger partial charge is 0.134 e. The number of unbranched alkanes of at least 4 members (excludes halogenated alkanes) is 3. The van der Waals surface area contributed by atoms with Gasteiger partial charge in [0.2, 0.25) is 0 Å². The van der Waals surface area contributed by atoms with Crippen molar-refractivity contribution in [3.63, 3.8) is 0 Å². The first-order valence-electron chi connectivity index (χ1n) is 9.73. The van der Waals surface area contributed by atoms with E-state index in [1.807, 2.05) is 6.07 Å². The summed E-state index contributed by atoms with van der Waals surface area (Å²) in [6, 6.07) is 4.06. The first-order chi connectivity index (χ1) is 12.6. The zero-order chi connectivity index (χ0) is 18.4. The highest BCUT2D eigenvalue weighted by molar-refractivity contribution is 5.89. The second kappa shape index (κ2) is 8.64. The predicted octanol–water partition coefficient (Wildman–Crippen LogP) is 2.37. The van der Waals surface area contributed by atoms with Crippen LogP contribution in [0.2, 0.25) is 0 Å². The molecule has 6 nitrogen and oxygen atoms in total. The highest BCUT2D eigenvalue weighted by atomic mass is 16.5. The van der Waals surface area contributed by atoms with Crippen LogP contribution in [0.1, 0.15) is 31.2 Å². The number of fused-ring (bicyclic) bond motifs is 1. The number of benzene rings is 1. The summed E-state index contributed by atoms with van der Waals surface area (Å²) < 4.78 is 6.79. The highest BCUT2D eigenvalue weighted by Gasteiger charge is 2.23. The number of nitrogen functional groups attached to an aromatic ring is 1. The van der Waals surface area contributed by atoms with Crippen molar-refractivity contribution in [2.75, 3.05) is 52.6 Å². The zero-order valence-electron chi connectivity index (χ0n) is 16.1. The molecule has 0 spiro atoms. The molecule has 1 aliphatic heterocycles. The van der Waals surface area contributed by atoms with E-state index >= 15 is 0 Å². The number of hydrogen-bond donors (Lipinski definition) is 2. The largest absolute Gasteiger partial charge is 0.496 e. The van der Waals surface area contributed by atoms with Crippen LogP contribution in [0.5, 0.6) is 5.75 Å². The summed E-state index contributed by atoms with van der Waals surface area (Å²) in [7, 11) is 4.11. The van der Waals surface area contributed by atoms with Crippen molar-refractivity contribution in [3.8, 4) is 5.75 Å². The Morgan fingerprint density at radius 3 is 2.65 bits per heavy atom. The van der Waals surface area contributed by atoms with Crippen molar-refractivity contribution in [1.29, 1.82) is 0 Å². The minimum Gasteiger partial charge on any atom is -0.496 e. The van der Waals surface area contributed by atoms with E-state index in [0.717, 1.165) is 36.2 Å². The van der Waals surface area contributed by atoms with Gasteiger partial charge in [0.25, 0.3) is 0 Å². The molecule has 1 aromatic carbocycles. The summed E-state index contributed by atoms with van der Waals surface area (Å²) in [6.45, 7) is 6.15. The van der Waals surface area contributed by atoms with Crippen LogP contribution in [0, 0.1) is 0 Å². The van der Waals surface area contributed by atoms with Gasteiger partial charge in [0.05, 0.1) is 39.3 Å². The van der Waals surface area contributed by atoms with Gasteiger partial charge >= 0.3 is 0 Å². The molecule has 142 valence electrons. The monoisotopic (exact) mass is 358 g/mol. The lowest BCUT2D eigenvalue weighted by molar-refractivity contribution is -0.911. The van der Waals surface area contributed by atoms with Crippen LogP contribution < -0.4 is 15.8 Å². The van der Waals surface area contributed by atoms with Crippen molar-refractivity contribution in [2.24, 2.45) is 0 Å². The lowest BCUT2D eigenvalue weighted by atomic mass is 10.0. The van der Waals surface area contributed by atoms with Gasteiger partial charge in [-0.05, 0) is 43.4 Å². The third-order valence-electron chi connectivity index (χ3n) is 5.62. The van der Waals surface area contributed by atoms with E-state index in [9.17, 15) is 0 Å². The van der Waals surface area contributed by atoms with E-state index in [-0.39, 0.29) is 0 Å². The molecule has 6 heteroatoms. The first-order valence-corrected chi connectivity index (χ1v) is 9.73. The normalized spacial score (nSPS) is 16.7. The second-order valence-corrected chi connectivity index (χ2v) is 7.64. The van der Waals surface area contributed by atoms with Crippen LogP contribution in [-0.2, 0) is 6.42 Å². The minimum absolute atomic E-state index is 0.504. The topological polar surface area (TPSA) is 73.1 Å². The summed E-state index contributed by atoms with van der Waals surface area (Å²) in [5, 5.41) is 4.31. The molecule has 1 saturated heterocycles. The fourth-order valence-electron chi connectivity index (χ4n) is 3.85. The van der Waals surface area contributed by atoms with Gasteiger partial charge in [0.15, 0.2) is 0 Å². The van der Waals surface area contributed by atoms with Crippen molar-refractivity contribution >= 4 is 16.7 Å². The Hall–Kier alpha value is -1.92. The fraction of sp³-hybridized carbons (Fsp3) is 0.600. The van der Waals surface area contributed by atoms with Crippen LogP contribution in [-0.4, -0.2) is 61.3 Å². The molecule has 0 bridgehead atoms. The Kier molecular flexibility index (Phi) is 6.27. The summed E-state index contributed by atoms with van der Waals surface area (Å²) in [6.07, 6.45) is 7.58. The van der Waals surface area contributed by atoms with Gasteiger partial charge in [0.1, 0.15) is 17.9 Å². The Bertz CT molecular complexity index is 727. The number of nitrogens with two attached hydrogens (primary N) is 1. The molecule has 0 radical (unpaired) electrons. The summed E-state index contributed by atoms with van der Waals surface area (Å²) in [4.78, 5) is 8.40. The number of methoxy groups -OCH3 is 1. The third kappa shape index (κ3) is 4.62. The molecule has 2 heterocycles. The maximum absolute atomic E-state index is 5.94. The molecular weight excluding hydrogens is 326 g/mol. The Morgan fingerprint density at radius 2 is 1.88 bits per heavy atom. The third-order valence-corrected chi connectivity index (χ3v) is 5.62. The van der Waals surface area contributed by atoms with E-state index in [4.69, 9.17) is 10.5 Å². The Labute approximate surface area is 156 Å². The van der Waals surface area contributed by atoms with Gasteiger partial charge in [-0.3, -0.25) is 0 Å². The number of aromatic nitrogens is 2. The molecule has 2 aromatic rings. The molecule has 0 saturated carbocycles. The molecule has 1 fully saturated rings. The van der Waals surface area contributed by atoms with E-state index < -0.39 is 0 Å². The standard InChI is InChI=1S/C20H32N5O/c1-25(11-8-22-9-12-25)10-6-4-3-5-7-16-13-18-17(14-19(16)26-2)20(21)24-15-23-18/h13-15,22H,3-12H2,1-2H3,(H2,21,23,24)/q+1. The van der Waals surface area contributed by atoms with E-state index in [2.05, 4.69) is 28.4 Å². The molecule has 3 N–H and O–H groups in total. The molecular formula is C20H32N5O+. The van der Waals surface area contributed by atoms with Gasteiger partial charge in [-0.2, -0.15) is 0 Å². The number of quaternary nitrogens is 1. The summed E-state index contributed by atoms with van der Waals surface area (Å²) in [5.74, 6) is 1.39. The molecule has 0 amide bonds. The Morgan fingerprint density at radius 1 is 1.12 bits per heavy atom. The number of anilines is 1. The Balaban J connectivity index is 1.48. The zero-order valence-corrected chi connectivity index (χ0v) is 16.1. The number of hydrogen-bond acceptors (Lipinski definition) is 5.